The molecule has 0 bridgehead atoms. The topological polar surface area (TPSA) is 52.6 Å². The fourth-order valence-electron chi connectivity index (χ4n) is 3.51. The minimum atomic E-state index is -0.255. The molecule has 4 nitrogen and oxygen atoms in total. The maximum Gasteiger partial charge on any atom is 0.317 e. The summed E-state index contributed by atoms with van der Waals surface area (Å²) in [7, 11) is 1.79. The molecule has 0 saturated heterocycles. The molecule has 1 atom stereocenters. The summed E-state index contributed by atoms with van der Waals surface area (Å²) < 4.78 is 0. The Morgan fingerprint density at radius 3 is 2.31 bits per heavy atom. The zero-order valence-electron chi connectivity index (χ0n) is 15.0. The normalized spacial score (nSPS) is 16.4. The lowest BCUT2D eigenvalue weighted by Crippen LogP contribution is -2.49. The second-order valence-electron chi connectivity index (χ2n) is 7.21. The van der Waals surface area contributed by atoms with E-state index in [1.165, 1.54) is 0 Å². The van der Waals surface area contributed by atoms with Crippen LogP contribution in [-0.2, 0) is 0 Å². The molecule has 0 unspecified atom stereocenters. The number of halogens is 1. The number of carbonyl (C=O) groups excluding carboxylic acids is 1. The number of aliphatic hydroxyl groups excluding tert-OH is 1. The molecule has 0 heterocycles. The van der Waals surface area contributed by atoms with Gasteiger partial charge in [-0.05, 0) is 36.1 Å². The predicted octanol–water partition coefficient (Wildman–Crippen LogP) is 4.23. The van der Waals surface area contributed by atoms with Gasteiger partial charge in [0.15, 0.2) is 0 Å². The number of nitrogens with zero attached hydrogens (tertiary/aromatic N) is 1. The van der Waals surface area contributed by atoms with Gasteiger partial charge in [-0.2, -0.15) is 0 Å². The van der Waals surface area contributed by atoms with E-state index < -0.39 is 0 Å². The zero-order valence-corrected chi connectivity index (χ0v) is 15.7. The zero-order chi connectivity index (χ0) is 18.6. The number of urea groups is 1. The molecule has 1 saturated carbocycles. The van der Waals surface area contributed by atoms with E-state index in [2.05, 4.69) is 5.32 Å². The van der Waals surface area contributed by atoms with Crippen molar-refractivity contribution in [3.8, 4) is 0 Å². The van der Waals surface area contributed by atoms with Gasteiger partial charge >= 0.3 is 6.03 Å². The largest absolute Gasteiger partial charge is 0.396 e. The number of rotatable bonds is 6. The number of hydrogen-bond donors (Lipinski definition) is 2. The van der Waals surface area contributed by atoms with Crippen LogP contribution in [0.2, 0.25) is 5.02 Å². The first-order valence-corrected chi connectivity index (χ1v) is 9.34. The summed E-state index contributed by atoms with van der Waals surface area (Å²) in [4.78, 5) is 14.5. The lowest BCUT2D eigenvalue weighted by molar-refractivity contribution is 0.0228. The monoisotopic (exact) mass is 372 g/mol. The highest BCUT2D eigenvalue weighted by Crippen LogP contribution is 2.40. The third kappa shape index (κ3) is 4.19. The van der Waals surface area contributed by atoms with Crippen molar-refractivity contribution in [2.24, 2.45) is 5.41 Å². The highest BCUT2D eigenvalue weighted by Gasteiger charge is 2.38. The molecule has 1 aliphatic rings. The Morgan fingerprint density at radius 1 is 1.15 bits per heavy atom. The Hall–Kier alpha value is -2.04. The van der Waals surface area contributed by atoms with Crippen molar-refractivity contribution in [1.82, 2.24) is 10.2 Å². The quantitative estimate of drug-likeness (QED) is 0.797. The first-order valence-electron chi connectivity index (χ1n) is 8.96. The van der Waals surface area contributed by atoms with Crippen LogP contribution in [-0.4, -0.2) is 36.2 Å². The third-order valence-corrected chi connectivity index (χ3v) is 5.52. The summed E-state index contributed by atoms with van der Waals surface area (Å²) in [6, 6.07) is 17.0. The Kier molecular flexibility index (Phi) is 5.84. The van der Waals surface area contributed by atoms with E-state index in [0.717, 1.165) is 30.4 Å². The number of carbonyl (C=O) groups is 1. The Morgan fingerprint density at radius 2 is 1.77 bits per heavy atom. The van der Waals surface area contributed by atoms with Crippen molar-refractivity contribution >= 4 is 17.6 Å². The summed E-state index contributed by atoms with van der Waals surface area (Å²) >= 11 is 6.01. The van der Waals surface area contributed by atoms with Gasteiger partial charge in [0.05, 0.1) is 12.6 Å². The second kappa shape index (κ2) is 8.11. The van der Waals surface area contributed by atoms with Crippen LogP contribution in [0.4, 0.5) is 4.79 Å². The van der Waals surface area contributed by atoms with E-state index >= 15 is 0 Å². The van der Waals surface area contributed by atoms with Gasteiger partial charge in [0.25, 0.3) is 0 Å². The van der Waals surface area contributed by atoms with Crippen LogP contribution in [0.1, 0.15) is 36.4 Å². The van der Waals surface area contributed by atoms with E-state index in [1.807, 2.05) is 54.6 Å². The average molecular weight is 373 g/mol. The Labute approximate surface area is 159 Å². The lowest BCUT2D eigenvalue weighted by Gasteiger charge is -2.43. The highest BCUT2D eigenvalue weighted by molar-refractivity contribution is 6.30. The van der Waals surface area contributed by atoms with Gasteiger partial charge in [-0.25, -0.2) is 4.79 Å². The fourth-order valence-corrected chi connectivity index (χ4v) is 3.64. The van der Waals surface area contributed by atoms with Crippen molar-refractivity contribution in [3.63, 3.8) is 0 Å². The van der Waals surface area contributed by atoms with E-state index in [-0.39, 0.29) is 24.1 Å². The van der Waals surface area contributed by atoms with Crippen LogP contribution >= 0.6 is 11.6 Å². The lowest BCUT2D eigenvalue weighted by atomic mass is 9.69. The highest BCUT2D eigenvalue weighted by atomic mass is 35.5. The van der Waals surface area contributed by atoms with Crippen molar-refractivity contribution < 1.29 is 9.90 Å². The van der Waals surface area contributed by atoms with Gasteiger partial charge in [0.2, 0.25) is 0 Å². The Bertz CT molecular complexity index is 724. The smallest absolute Gasteiger partial charge is 0.317 e. The molecule has 3 rings (SSSR count). The SMILES string of the molecule is CN(CC1(CO)CCC1)C(=O)N[C@H](c1ccccc1)c1ccc(Cl)cc1. The first-order chi connectivity index (χ1) is 12.5. The maximum absolute atomic E-state index is 12.8. The summed E-state index contributed by atoms with van der Waals surface area (Å²) in [6.45, 7) is 0.696. The van der Waals surface area contributed by atoms with Crippen LogP contribution in [0.25, 0.3) is 0 Å². The van der Waals surface area contributed by atoms with Crippen LogP contribution in [0.3, 0.4) is 0 Å². The van der Waals surface area contributed by atoms with E-state index in [0.29, 0.717) is 11.6 Å². The first kappa shape index (κ1) is 18.7. The number of nitrogens with one attached hydrogen (secondary N) is 1. The molecule has 2 aromatic rings. The summed E-state index contributed by atoms with van der Waals surface area (Å²) in [5.74, 6) is 0. The molecule has 1 fully saturated rings. The van der Waals surface area contributed by atoms with Crippen molar-refractivity contribution in [1.29, 1.82) is 0 Å². The Balaban J connectivity index is 1.77. The van der Waals surface area contributed by atoms with Crippen LogP contribution < -0.4 is 5.32 Å². The molecule has 2 amide bonds. The summed E-state index contributed by atoms with van der Waals surface area (Å²) in [6.07, 6.45) is 3.06. The number of benzene rings is 2. The molecule has 5 heteroatoms. The molecule has 0 spiro atoms. The van der Waals surface area contributed by atoms with Gasteiger partial charge in [-0.1, -0.05) is 60.5 Å². The summed E-state index contributed by atoms with van der Waals surface area (Å²) in [5, 5.41) is 13.5. The molecular weight excluding hydrogens is 348 g/mol. The molecule has 2 aromatic carbocycles. The van der Waals surface area contributed by atoms with Gasteiger partial charge in [0, 0.05) is 24.0 Å². The second-order valence-corrected chi connectivity index (χ2v) is 7.65. The number of aliphatic hydroxyl groups is 1. The maximum atomic E-state index is 12.8. The predicted molar refractivity (Wildman–Crippen MR) is 104 cm³/mol. The minimum absolute atomic E-state index is 0.129. The van der Waals surface area contributed by atoms with Crippen molar-refractivity contribution in [3.05, 3.63) is 70.7 Å². The van der Waals surface area contributed by atoms with E-state index in [4.69, 9.17) is 11.6 Å². The molecule has 0 aliphatic heterocycles. The van der Waals surface area contributed by atoms with Gasteiger partial charge < -0.3 is 15.3 Å². The van der Waals surface area contributed by atoms with Crippen LogP contribution in [0, 0.1) is 5.41 Å². The fraction of sp³-hybridized carbons (Fsp3) is 0.381. The van der Waals surface area contributed by atoms with Crippen molar-refractivity contribution in [2.45, 2.75) is 25.3 Å². The van der Waals surface area contributed by atoms with Gasteiger partial charge in [0.1, 0.15) is 0 Å². The standard InChI is InChI=1S/C21H25ClN2O2/c1-24(14-21(15-25)12-5-13-21)20(26)23-19(16-6-3-2-4-7-16)17-8-10-18(22)11-9-17/h2-4,6-11,19,25H,5,12-15H2,1H3,(H,23,26)/t19-/m1/s1. The molecule has 2 N–H and O–H groups in total. The molecule has 1 aliphatic carbocycles. The summed E-state index contributed by atoms with van der Waals surface area (Å²) in [5.41, 5.74) is 1.86. The van der Waals surface area contributed by atoms with Crippen LogP contribution in [0.15, 0.2) is 54.6 Å². The molecule has 0 radical (unpaired) electrons. The number of amides is 2. The van der Waals surface area contributed by atoms with Crippen molar-refractivity contribution in [2.75, 3.05) is 20.2 Å². The molecule has 26 heavy (non-hydrogen) atoms. The molecule has 138 valence electrons. The third-order valence-electron chi connectivity index (χ3n) is 5.27. The minimum Gasteiger partial charge on any atom is -0.396 e. The molecule has 0 aromatic heterocycles. The van der Waals surface area contributed by atoms with Gasteiger partial charge in [-0.3, -0.25) is 0 Å². The van der Waals surface area contributed by atoms with Crippen LogP contribution in [0.5, 0.6) is 0 Å². The van der Waals surface area contributed by atoms with E-state index in [9.17, 15) is 9.90 Å². The van der Waals surface area contributed by atoms with Gasteiger partial charge in [-0.15, -0.1) is 0 Å². The average Bonchev–Trinajstić information content (AvgIpc) is 2.64. The molecular formula is C21H25ClN2O2. The van der Waals surface area contributed by atoms with E-state index in [1.54, 1.807) is 11.9 Å². The number of hydrogen-bond acceptors (Lipinski definition) is 2.